The van der Waals surface area contributed by atoms with E-state index in [0.717, 1.165) is 38.5 Å². The molecule has 0 heterocycles. The van der Waals surface area contributed by atoms with Crippen LogP contribution in [0.5, 0.6) is 0 Å². The first kappa shape index (κ1) is 20.5. The van der Waals surface area contributed by atoms with Gasteiger partial charge in [0.15, 0.2) is 0 Å². The highest BCUT2D eigenvalue weighted by molar-refractivity contribution is 5.72. The second-order valence-electron chi connectivity index (χ2n) is 7.62. The number of esters is 1. The molecule has 0 fully saturated rings. The fourth-order valence-electron chi connectivity index (χ4n) is 3.51. The van der Waals surface area contributed by atoms with E-state index < -0.39 is 0 Å². The average Bonchev–Trinajstić information content (AvgIpc) is 2.65. The van der Waals surface area contributed by atoms with Crippen LogP contribution in [0.2, 0.25) is 0 Å². The highest BCUT2D eigenvalue weighted by Crippen LogP contribution is 2.38. The maximum atomic E-state index is 11.8. The molecule has 0 saturated carbocycles. The maximum Gasteiger partial charge on any atom is 0.308 e. The molecule has 2 aliphatic carbocycles. The molecule has 26 heavy (non-hydrogen) atoms. The zero-order chi connectivity index (χ0) is 18.9. The number of hydrogen-bond donors (Lipinski definition) is 0. The summed E-state index contributed by atoms with van der Waals surface area (Å²) in [6, 6.07) is 0. The van der Waals surface area contributed by atoms with E-state index in [4.69, 9.17) is 4.74 Å². The van der Waals surface area contributed by atoms with Crippen molar-refractivity contribution in [2.45, 2.75) is 59.3 Å². The Kier molecular flexibility index (Phi) is 7.68. The first-order chi connectivity index (χ1) is 12.5. The predicted molar refractivity (Wildman–Crippen MR) is 110 cm³/mol. The number of hydrogen-bond acceptors (Lipinski definition) is 2. The van der Waals surface area contributed by atoms with Crippen molar-refractivity contribution in [1.82, 2.24) is 0 Å². The summed E-state index contributed by atoms with van der Waals surface area (Å²) in [5, 5.41) is 0. The second-order valence-corrected chi connectivity index (χ2v) is 7.62. The van der Waals surface area contributed by atoms with Crippen LogP contribution in [0, 0.1) is 16.7 Å². The molecule has 0 radical (unpaired) electrons. The van der Waals surface area contributed by atoms with E-state index >= 15 is 0 Å². The van der Waals surface area contributed by atoms with E-state index in [1.807, 2.05) is 6.92 Å². The molecule has 0 aromatic carbocycles. The standard InChI is InChI=1S/C24H34O2/c1-4-21(22(25)26-5-2)13-9-6-7-10-14-23(3)17-19-24(20-18-23)15-11-8-12-16-24/h10-12,14-21H,4-9,13H2,1-3H3/b14-10-. The Balaban J connectivity index is 1.73. The summed E-state index contributed by atoms with van der Waals surface area (Å²) in [6.45, 7) is 6.65. The second kappa shape index (κ2) is 9.75. The lowest BCUT2D eigenvalue weighted by Gasteiger charge is -2.30. The van der Waals surface area contributed by atoms with Gasteiger partial charge in [-0.05, 0) is 46.0 Å². The zero-order valence-electron chi connectivity index (χ0n) is 16.6. The van der Waals surface area contributed by atoms with Crippen molar-refractivity contribution in [3.8, 4) is 0 Å². The summed E-state index contributed by atoms with van der Waals surface area (Å²) in [7, 11) is 0. The molecule has 0 aliphatic heterocycles. The Morgan fingerprint density at radius 2 is 1.77 bits per heavy atom. The Morgan fingerprint density at radius 3 is 2.38 bits per heavy atom. The molecule has 1 spiro atoms. The molecule has 0 amide bonds. The normalized spacial score (nSPS) is 20.7. The summed E-state index contributed by atoms with van der Waals surface area (Å²) in [5.74, 6) is 0.0312. The average molecular weight is 355 g/mol. The van der Waals surface area contributed by atoms with Crippen LogP contribution >= 0.6 is 0 Å². The van der Waals surface area contributed by atoms with Crippen molar-refractivity contribution in [3.05, 3.63) is 60.8 Å². The Bertz CT molecular complexity index is 576. The van der Waals surface area contributed by atoms with Gasteiger partial charge in [0.2, 0.25) is 0 Å². The molecule has 2 heteroatoms. The molecular formula is C24H34O2. The third-order valence-electron chi connectivity index (χ3n) is 5.31. The number of carbonyl (C=O) groups is 1. The lowest BCUT2D eigenvalue weighted by molar-refractivity contribution is -0.148. The number of rotatable bonds is 9. The highest BCUT2D eigenvalue weighted by atomic mass is 16.5. The van der Waals surface area contributed by atoms with Crippen molar-refractivity contribution in [3.63, 3.8) is 0 Å². The Labute approximate surface area is 159 Å². The Morgan fingerprint density at radius 1 is 1.08 bits per heavy atom. The van der Waals surface area contributed by atoms with E-state index in [1.165, 1.54) is 0 Å². The van der Waals surface area contributed by atoms with Gasteiger partial charge in [0.1, 0.15) is 0 Å². The number of carbonyl (C=O) groups excluding carboxylic acids is 1. The summed E-state index contributed by atoms with van der Waals surface area (Å²) in [6.07, 6.45) is 28.9. The largest absolute Gasteiger partial charge is 0.466 e. The van der Waals surface area contributed by atoms with Crippen LogP contribution in [-0.2, 0) is 9.53 Å². The summed E-state index contributed by atoms with van der Waals surface area (Å²) in [4.78, 5) is 11.8. The fraction of sp³-hybridized carbons (Fsp3) is 0.542. The topological polar surface area (TPSA) is 26.3 Å². The van der Waals surface area contributed by atoms with Gasteiger partial charge in [-0.2, -0.15) is 0 Å². The van der Waals surface area contributed by atoms with Crippen molar-refractivity contribution in [2.75, 3.05) is 6.61 Å². The summed E-state index contributed by atoms with van der Waals surface area (Å²) < 4.78 is 5.14. The SMILES string of the molecule is CCOC(=O)C(CC)CCCC/C=C\C1(C)C=CC2(C=CCC=C2)C=C1. The molecule has 0 N–H and O–H groups in total. The van der Waals surface area contributed by atoms with Crippen molar-refractivity contribution < 1.29 is 9.53 Å². The van der Waals surface area contributed by atoms with Crippen LogP contribution in [-0.4, -0.2) is 12.6 Å². The first-order valence-electron chi connectivity index (χ1n) is 10.1. The maximum absolute atomic E-state index is 11.8. The molecule has 0 bridgehead atoms. The Hall–Kier alpha value is -1.83. The molecule has 0 saturated heterocycles. The molecule has 2 rings (SSSR count). The van der Waals surface area contributed by atoms with Gasteiger partial charge in [-0.25, -0.2) is 0 Å². The highest BCUT2D eigenvalue weighted by Gasteiger charge is 2.26. The van der Waals surface area contributed by atoms with Crippen molar-refractivity contribution in [2.24, 2.45) is 16.7 Å². The van der Waals surface area contributed by atoms with E-state index in [9.17, 15) is 4.79 Å². The first-order valence-corrected chi connectivity index (χ1v) is 10.1. The fourth-order valence-corrected chi connectivity index (χ4v) is 3.51. The van der Waals surface area contributed by atoms with Gasteiger partial charge in [0, 0.05) is 10.8 Å². The van der Waals surface area contributed by atoms with Crippen molar-refractivity contribution >= 4 is 5.97 Å². The third kappa shape index (κ3) is 5.86. The van der Waals surface area contributed by atoms with Gasteiger partial charge < -0.3 is 4.74 Å². The van der Waals surface area contributed by atoms with E-state index in [2.05, 4.69) is 74.6 Å². The van der Waals surface area contributed by atoms with E-state index in [-0.39, 0.29) is 22.7 Å². The van der Waals surface area contributed by atoms with Crippen LogP contribution in [0.25, 0.3) is 0 Å². The summed E-state index contributed by atoms with van der Waals surface area (Å²) >= 11 is 0. The molecule has 0 aromatic heterocycles. The van der Waals surface area contributed by atoms with Crippen LogP contribution < -0.4 is 0 Å². The molecule has 1 atom stereocenters. The molecule has 142 valence electrons. The number of allylic oxidation sites excluding steroid dienone is 10. The quantitative estimate of drug-likeness (QED) is 0.275. The molecule has 1 unspecified atom stereocenters. The molecule has 2 aliphatic rings. The van der Waals surface area contributed by atoms with Crippen molar-refractivity contribution in [1.29, 1.82) is 0 Å². The predicted octanol–water partition coefficient (Wildman–Crippen LogP) is 6.33. The van der Waals surface area contributed by atoms with Gasteiger partial charge in [0.05, 0.1) is 12.5 Å². The van der Waals surface area contributed by atoms with Crippen LogP contribution in [0.3, 0.4) is 0 Å². The van der Waals surface area contributed by atoms with Gasteiger partial charge in [-0.15, -0.1) is 0 Å². The van der Waals surface area contributed by atoms with E-state index in [0.29, 0.717) is 6.61 Å². The van der Waals surface area contributed by atoms with Gasteiger partial charge in [-0.1, -0.05) is 74.1 Å². The third-order valence-corrected chi connectivity index (χ3v) is 5.31. The van der Waals surface area contributed by atoms with Crippen LogP contribution in [0.1, 0.15) is 59.3 Å². The molecular weight excluding hydrogens is 320 g/mol. The number of unbranched alkanes of at least 4 members (excludes halogenated alkanes) is 2. The zero-order valence-corrected chi connectivity index (χ0v) is 16.6. The summed E-state index contributed by atoms with van der Waals surface area (Å²) in [5.41, 5.74) is -0.00484. The van der Waals surface area contributed by atoms with Gasteiger partial charge >= 0.3 is 5.97 Å². The lowest BCUT2D eigenvalue weighted by Crippen LogP contribution is -2.18. The lowest BCUT2D eigenvalue weighted by atomic mass is 9.74. The van der Waals surface area contributed by atoms with Crippen LogP contribution in [0.15, 0.2) is 60.8 Å². The van der Waals surface area contributed by atoms with Gasteiger partial charge in [0.25, 0.3) is 0 Å². The van der Waals surface area contributed by atoms with Crippen LogP contribution in [0.4, 0.5) is 0 Å². The number of ether oxygens (including phenoxy) is 1. The minimum atomic E-state index is -0.0322. The monoisotopic (exact) mass is 354 g/mol. The molecule has 2 nitrogen and oxygen atoms in total. The minimum absolute atomic E-state index is 0.00125. The molecule has 0 aromatic rings. The minimum Gasteiger partial charge on any atom is -0.466 e. The van der Waals surface area contributed by atoms with E-state index in [1.54, 1.807) is 0 Å². The smallest absolute Gasteiger partial charge is 0.308 e. The van der Waals surface area contributed by atoms with Gasteiger partial charge in [-0.3, -0.25) is 4.79 Å².